The van der Waals surface area contributed by atoms with E-state index in [4.69, 9.17) is 5.11 Å². The number of aliphatic hydroxyl groups excluding tert-OH is 1. The average Bonchev–Trinajstić information content (AvgIpc) is 2.56. The van der Waals surface area contributed by atoms with Crippen molar-refractivity contribution < 1.29 is 5.11 Å². The fourth-order valence-electron chi connectivity index (χ4n) is 1.47. The van der Waals surface area contributed by atoms with E-state index in [-0.39, 0.29) is 6.61 Å². The summed E-state index contributed by atoms with van der Waals surface area (Å²) in [6.07, 6.45) is 0.931. The predicted molar refractivity (Wildman–Crippen MR) is 63.8 cm³/mol. The van der Waals surface area contributed by atoms with Crippen LogP contribution in [0.5, 0.6) is 0 Å². The predicted octanol–water partition coefficient (Wildman–Crippen LogP) is 1.31. The Morgan fingerprint density at radius 3 is 2.73 bits per heavy atom. The maximum absolute atomic E-state index is 8.69. The van der Waals surface area contributed by atoms with Crippen molar-refractivity contribution in [3.05, 3.63) is 15.9 Å². The molecule has 4 nitrogen and oxygen atoms in total. The normalized spacial score (nSPS) is 10.9. The molecule has 0 unspecified atom stereocenters. The summed E-state index contributed by atoms with van der Waals surface area (Å²) in [4.78, 5) is 0. The van der Waals surface area contributed by atoms with Crippen molar-refractivity contribution in [2.24, 2.45) is 0 Å². The van der Waals surface area contributed by atoms with Gasteiger partial charge in [0.25, 0.3) is 0 Å². The molecule has 0 amide bonds. The Balaban J connectivity index is 2.78. The largest absolute Gasteiger partial charge is 0.395 e. The summed E-state index contributed by atoms with van der Waals surface area (Å²) in [6, 6.07) is 0. The van der Waals surface area contributed by atoms with E-state index >= 15 is 0 Å². The van der Waals surface area contributed by atoms with E-state index in [9.17, 15) is 0 Å². The number of nitrogens with zero attached hydrogens (tertiary/aromatic N) is 2. The number of hydrogen-bond acceptors (Lipinski definition) is 3. The van der Waals surface area contributed by atoms with Crippen LogP contribution in [0.4, 0.5) is 0 Å². The smallest absolute Gasteiger partial charge is 0.0767 e. The third-order valence-corrected chi connectivity index (χ3v) is 3.19. The Hall–Kier alpha value is -0.390. The molecule has 15 heavy (non-hydrogen) atoms. The van der Waals surface area contributed by atoms with E-state index in [1.54, 1.807) is 0 Å². The van der Waals surface area contributed by atoms with Gasteiger partial charge in [-0.05, 0) is 29.3 Å². The Morgan fingerprint density at radius 2 is 2.20 bits per heavy atom. The second-order valence-corrected chi connectivity index (χ2v) is 4.07. The summed E-state index contributed by atoms with van der Waals surface area (Å²) < 4.78 is 3.09. The molecule has 86 valence electrons. The number of aryl methyl sites for hydroxylation is 2. The van der Waals surface area contributed by atoms with Gasteiger partial charge >= 0.3 is 0 Å². The summed E-state index contributed by atoms with van der Waals surface area (Å²) >= 11 is 3.57. The number of aliphatic hydroxyl groups is 1. The molecule has 0 saturated heterocycles. The maximum Gasteiger partial charge on any atom is 0.0767 e. The van der Waals surface area contributed by atoms with Crippen LogP contribution in [-0.4, -0.2) is 28.0 Å². The zero-order valence-electron chi connectivity index (χ0n) is 9.26. The Kier molecular flexibility index (Phi) is 5.28. The van der Waals surface area contributed by atoms with Crippen LogP contribution >= 0.6 is 15.9 Å². The molecular weight excluding hydrogens is 258 g/mol. The number of rotatable bonds is 6. The number of nitrogens with one attached hydrogen (secondary N) is 1. The van der Waals surface area contributed by atoms with Crippen LogP contribution in [-0.2, 0) is 19.5 Å². The first-order chi connectivity index (χ1) is 7.24. The molecule has 0 spiro atoms. The van der Waals surface area contributed by atoms with Crippen LogP contribution in [0.25, 0.3) is 0 Å². The number of hydrogen-bond donors (Lipinski definition) is 2. The summed E-state index contributed by atoms with van der Waals surface area (Å²) in [5, 5.41) is 16.4. The lowest BCUT2D eigenvalue weighted by molar-refractivity contribution is 0.291. The van der Waals surface area contributed by atoms with Crippen molar-refractivity contribution in [1.29, 1.82) is 0 Å². The van der Waals surface area contributed by atoms with Crippen LogP contribution in [0.1, 0.15) is 25.2 Å². The minimum atomic E-state index is 0.165. The highest BCUT2D eigenvalue weighted by molar-refractivity contribution is 9.10. The summed E-state index contributed by atoms with van der Waals surface area (Å²) in [7, 11) is 0. The first-order valence-corrected chi connectivity index (χ1v) is 6.09. The SMILES string of the molecule is CCc1nn(CC)c(CNCCO)c1Br. The first-order valence-electron chi connectivity index (χ1n) is 5.30. The molecule has 0 aliphatic rings. The third kappa shape index (κ3) is 3.03. The zero-order chi connectivity index (χ0) is 11.3. The minimum absolute atomic E-state index is 0.165. The highest BCUT2D eigenvalue weighted by Gasteiger charge is 2.12. The van der Waals surface area contributed by atoms with E-state index < -0.39 is 0 Å². The van der Waals surface area contributed by atoms with Gasteiger partial charge in [-0.25, -0.2) is 0 Å². The summed E-state index contributed by atoms with van der Waals surface area (Å²) in [5.74, 6) is 0. The van der Waals surface area contributed by atoms with Gasteiger partial charge in [0.1, 0.15) is 0 Å². The molecule has 0 aliphatic heterocycles. The van der Waals surface area contributed by atoms with Gasteiger partial charge in [-0.1, -0.05) is 6.92 Å². The second-order valence-electron chi connectivity index (χ2n) is 3.28. The Labute approximate surface area is 98.8 Å². The maximum atomic E-state index is 8.69. The molecule has 2 N–H and O–H groups in total. The van der Waals surface area contributed by atoms with Gasteiger partial charge in [0.2, 0.25) is 0 Å². The van der Waals surface area contributed by atoms with E-state index in [1.807, 2.05) is 4.68 Å². The summed E-state index contributed by atoms with van der Waals surface area (Å²) in [6.45, 7) is 6.56. The lowest BCUT2D eigenvalue weighted by Gasteiger charge is -2.06. The topological polar surface area (TPSA) is 50.1 Å². The van der Waals surface area contributed by atoms with E-state index in [0.29, 0.717) is 6.54 Å². The van der Waals surface area contributed by atoms with Crippen molar-refractivity contribution in [2.75, 3.05) is 13.2 Å². The monoisotopic (exact) mass is 275 g/mol. The van der Waals surface area contributed by atoms with Gasteiger partial charge in [-0.15, -0.1) is 0 Å². The zero-order valence-corrected chi connectivity index (χ0v) is 10.8. The van der Waals surface area contributed by atoms with Gasteiger partial charge in [0.15, 0.2) is 0 Å². The van der Waals surface area contributed by atoms with Gasteiger partial charge in [-0.3, -0.25) is 4.68 Å². The molecule has 5 heteroatoms. The molecule has 1 rings (SSSR count). The summed E-state index contributed by atoms with van der Waals surface area (Å²) in [5.41, 5.74) is 2.25. The third-order valence-electron chi connectivity index (χ3n) is 2.28. The first kappa shape index (κ1) is 12.7. The number of aromatic nitrogens is 2. The average molecular weight is 276 g/mol. The van der Waals surface area contributed by atoms with Crippen LogP contribution in [0.3, 0.4) is 0 Å². The molecule has 0 atom stereocenters. The molecule has 0 aromatic carbocycles. The van der Waals surface area contributed by atoms with E-state index in [0.717, 1.165) is 35.4 Å². The molecule has 1 aromatic rings. The molecular formula is C10H18BrN3O. The minimum Gasteiger partial charge on any atom is -0.395 e. The van der Waals surface area contributed by atoms with Crippen molar-refractivity contribution in [3.8, 4) is 0 Å². The lowest BCUT2D eigenvalue weighted by Crippen LogP contribution is -2.20. The standard InChI is InChI=1S/C10H18BrN3O/c1-3-8-10(11)9(7-12-5-6-15)14(4-2)13-8/h12,15H,3-7H2,1-2H3. The highest BCUT2D eigenvalue weighted by atomic mass is 79.9. The molecule has 0 bridgehead atoms. The molecule has 0 radical (unpaired) electrons. The van der Waals surface area contributed by atoms with Gasteiger partial charge in [0.05, 0.1) is 22.5 Å². The second kappa shape index (κ2) is 6.25. The molecule has 0 saturated carbocycles. The van der Waals surface area contributed by atoms with Crippen molar-refractivity contribution in [2.45, 2.75) is 33.4 Å². The number of halogens is 1. The fraction of sp³-hybridized carbons (Fsp3) is 0.700. The van der Waals surface area contributed by atoms with Crippen molar-refractivity contribution in [3.63, 3.8) is 0 Å². The Bertz CT molecular complexity index is 312. The van der Waals surface area contributed by atoms with Crippen LogP contribution < -0.4 is 5.32 Å². The van der Waals surface area contributed by atoms with E-state index in [2.05, 4.69) is 40.2 Å². The lowest BCUT2D eigenvalue weighted by atomic mass is 10.3. The van der Waals surface area contributed by atoms with Crippen LogP contribution in [0.2, 0.25) is 0 Å². The Morgan fingerprint density at radius 1 is 1.47 bits per heavy atom. The highest BCUT2D eigenvalue weighted by Crippen LogP contribution is 2.21. The van der Waals surface area contributed by atoms with Gasteiger partial charge < -0.3 is 10.4 Å². The molecule has 1 aromatic heterocycles. The van der Waals surface area contributed by atoms with Gasteiger partial charge in [0, 0.05) is 19.6 Å². The van der Waals surface area contributed by atoms with Crippen LogP contribution in [0.15, 0.2) is 4.47 Å². The molecule has 0 aliphatic carbocycles. The van der Waals surface area contributed by atoms with Crippen LogP contribution in [0, 0.1) is 0 Å². The molecule has 0 fully saturated rings. The van der Waals surface area contributed by atoms with Crippen molar-refractivity contribution >= 4 is 15.9 Å². The van der Waals surface area contributed by atoms with E-state index in [1.165, 1.54) is 0 Å². The van der Waals surface area contributed by atoms with Gasteiger partial charge in [-0.2, -0.15) is 5.10 Å². The van der Waals surface area contributed by atoms with Crippen molar-refractivity contribution in [1.82, 2.24) is 15.1 Å². The molecule has 1 heterocycles. The fourth-order valence-corrected chi connectivity index (χ4v) is 2.18. The quantitative estimate of drug-likeness (QED) is 0.770.